The maximum Gasteiger partial charge on any atom is 0.319 e. The predicted octanol–water partition coefficient (Wildman–Crippen LogP) is 2.11. The molecule has 2 rings (SSSR count). The lowest BCUT2D eigenvalue weighted by Gasteiger charge is -2.28. The molecule has 0 aliphatic carbocycles. The third-order valence-electron chi connectivity index (χ3n) is 2.83. The van der Waals surface area contributed by atoms with Crippen molar-refractivity contribution in [2.24, 2.45) is 5.73 Å². The first-order valence-electron chi connectivity index (χ1n) is 5.43. The molecule has 1 aliphatic heterocycles. The number of carbonyl (C=O) groups excluding carboxylic acids is 2. The standard InChI is InChI=1S/C12H11Cl2N3O2/c1-5-8(11(15)18)10(17-12(19)16-5)6-3-2-4-7(13)9(6)14/h2-4,10H,1H3,(H2,15,18)(H2,16,17,19)/t10-/m0/s1. The molecule has 0 bridgehead atoms. The van der Waals surface area contributed by atoms with Gasteiger partial charge in [-0.1, -0.05) is 35.3 Å². The normalized spacial score (nSPS) is 18.9. The second kappa shape index (κ2) is 5.11. The fourth-order valence-electron chi connectivity index (χ4n) is 2.00. The van der Waals surface area contributed by atoms with Crippen LogP contribution < -0.4 is 16.4 Å². The van der Waals surface area contributed by atoms with Crippen LogP contribution in [0, 0.1) is 0 Å². The smallest absolute Gasteiger partial charge is 0.319 e. The Morgan fingerprint density at radius 1 is 1.37 bits per heavy atom. The number of amides is 3. The van der Waals surface area contributed by atoms with Gasteiger partial charge in [-0.2, -0.15) is 0 Å². The van der Waals surface area contributed by atoms with Crippen LogP contribution in [0.5, 0.6) is 0 Å². The number of allylic oxidation sites excluding steroid dienone is 1. The van der Waals surface area contributed by atoms with Crippen LogP contribution in [0.25, 0.3) is 0 Å². The number of carbonyl (C=O) groups is 2. The summed E-state index contributed by atoms with van der Waals surface area (Å²) < 4.78 is 0. The van der Waals surface area contributed by atoms with E-state index in [-0.39, 0.29) is 10.6 Å². The highest BCUT2D eigenvalue weighted by Gasteiger charge is 2.31. The molecule has 0 aromatic heterocycles. The van der Waals surface area contributed by atoms with Gasteiger partial charge < -0.3 is 16.4 Å². The van der Waals surface area contributed by atoms with E-state index < -0.39 is 18.0 Å². The van der Waals surface area contributed by atoms with Crippen LogP contribution in [0.15, 0.2) is 29.5 Å². The first kappa shape index (κ1) is 13.7. The molecule has 100 valence electrons. The van der Waals surface area contributed by atoms with E-state index in [0.29, 0.717) is 16.3 Å². The molecule has 1 aliphatic rings. The summed E-state index contributed by atoms with van der Waals surface area (Å²) in [6.07, 6.45) is 0. The maximum absolute atomic E-state index is 11.5. The van der Waals surface area contributed by atoms with Gasteiger partial charge in [0.1, 0.15) is 0 Å². The van der Waals surface area contributed by atoms with Gasteiger partial charge in [0.15, 0.2) is 0 Å². The largest absolute Gasteiger partial charge is 0.366 e. The Bertz CT molecular complexity index is 599. The van der Waals surface area contributed by atoms with Gasteiger partial charge in [-0.05, 0) is 18.6 Å². The van der Waals surface area contributed by atoms with E-state index in [4.69, 9.17) is 28.9 Å². The monoisotopic (exact) mass is 299 g/mol. The van der Waals surface area contributed by atoms with E-state index in [0.717, 1.165) is 0 Å². The quantitative estimate of drug-likeness (QED) is 0.781. The molecule has 19 heavy (non-hydrogen) atoms. The zero-order chi connectivity index (χ0) is 14.2. The Labute approximate surface area is 119 Å². The van der Waals surface area contributed by atoms with Crippen molar-refractivity contribution in [3.8, 4) is 0 Å². The molecular weight excluding hydrogens is 289 g/mol. The molecule has 3 amide bonds. The first-order chi connectivity index (χ1) is 8.91. The lowest BCUT2D eigenvalue weighted by atomic mass is 9.95. The Hall–Kier alpha value is -1.72. The molecule has 0 radical (unpaired) electrons. The first-order valence-corrected chi connectivity index (χ1v) is 6.19. The third kappa shape index (κ3) is 2.52. The molecule has 7 heteroatoms. The summed E-state index contributed by atoms with van der Waals surface area (Å²) in [6, 6.07) is 3.85. The Kier molecular flexibility index (Phi) is 3.68. The zero-order valence-corrected chi connectivity index (χ0v) is 11.5. The van der Waals surface area contributed by atoms with E-state index in [1.807, 2.05) is 0 Å². The van der Waals surface area contributed by atoms with Crippen molar-refractivity contribution in [1.82, 2.24) is 10.6 Å². The molecule has 1 heterocycles. The van der Waals surface area contributed by atoms with Crippen molar-refractivity contribution in [2.75, 3.05) is 0 Å². The van der Waals surface area contributed by atoms with Crippen LogP contribution >= 0.6 is 23.2 Å². The molecule has 0 unspecified atom stereocenters. The van der Waals surface area contributed by atoms with E-state index in [1.165, 1.54) is 0 Å². The summed E-state index contributed by atoms with van der Waals surface area (Å²) in [4.78, 5) is 23.1. The van der Waals surface area contributed by atoms with Crippen molar-refractivity contribution in [3.05, 3.63) is 45.1 Å². The van der Waals surface area contributed by atoms with Crippen LogP contribution in [-0.4, -0.2) is 11.9 Å². The maximum atomic E-state index is 11.5. The van der Waals surface area contributed by atoms with Gasteiger partial charge in [-0.15, -0.1) is 0 Å². The molecule has 4 N–H and O–H groups in total. The number of benzene rings is 1. The number of nitrogens with one attached hydrogen (secondary N) is 2. The van der Waals surface area contributed by atoms with E-state index in [9.17, 15) is 9.59 Å². The Balaban J connectivity index is 2.58. The van der Waals surface area contributed by atoms with Crippen molar-refractivity contribution in [2.45, 2.75) is 13.0 Å². The van der Waals surface area contributed by atoms with E-state index in [1.54, 1.807) is 25.1 Å². The molecule has 0 spiro atoms. The zero-order valence-electron chi connectivity index (χ0n) is 9.96. The fourth-order valence-corrected chi connectivity index (χ4v) is 2.41. The van der Waals surface area contributed by atoms with Crippen molar-refractivity contribution in [1.29, 1.82) is 0 Å². The molecular formula is C12H11Cl2N3O2. The van der Waals surface area contributed by atoms with Crippen molar-refractivity contribution < 1.29 is 9.59 Å². The van der Waals surface area contributed by atoms with Crippen LogP contribution in [0.3, 0.4) is 0 Å². The summed E-state index contributed by atoms with van der Waals surface area (Å²) in [6.45, 7) is 1.60. The lowest BCUT2D eigenvalue weighted by Crippen LogP contribution is -2.46. The van der Waals surface area contributed by atoms with Gasteiger partial charge in [-0.25, -0.2) is 4.79 Å². The Morgan fingerprint density at radius 3 is 2.68 bits per heavy atom. The summed E-state index contributed by atoms with van der Waals surface area (Å²) >= 11 is 12.1. The number of primary amides is 1. The number of nitrogens with two attached hydrogens (primary N) is 1. The van der Waals surface area contributed by atoms with Crippen LogP contribution in [0.1, 0.15) is 18.5 Å². The lowest BCUT2D eigenvalue weighted by molar-refractivity contribution is -0.115. The van der Waals surface area contributed by atoms with Gasteiger partial charge in [-0.3, -0.25) is 4.79 Å². The second-order valence-electron chi connectivity index (χ2n) is 4.08. The van der Waals surface area contributed by atoms with Crippen molar-refractivity contribution >= 4 is 35.1 Å². The van der Waals surface area contributed by atoms with Gasteiger partial charge >= 0.3 is 6.03 Å². The van der Waals surface area contributed by atoms with Gasteiger partial charge in [0.2, 0.25) is 5.91 Å². The number of rotatable bonds is 2. The minimum atomic E-state index is -0.711. The molecule has 5 nitrogen and oxygen atoms in total. The van der Waals surface area contributed by atoms with Crippen LogP contribution in [-0.2, 0) is 4.79 Å². The minimum Gasteiger partial charge on any atom is -0.366 e. The van der Waals surface area contributed by atoms with Crippen molar-refractivity contribution in [3.63, 3.8) is 0 Å². The Morgan fingerprint density at radius 2 is 2.05 bits per heavy atom. The summed E-state index contributed by atoms with van der Waals surface area (Å²) in [5, 5.41) is 5.73. The fraction of sp³-hybridized carbons (Fsp3) is 0.167. The number of urea groups is 1. The van der Waals surface area contributed by atoms with Gasteiger partial charge in [0, 0.05) is 5.70 Å². The topological polar surface area (TPSA) is 84.2 Å². The summed E-state index contributed by atoms with van der Waals surface area (Å²) in [5.74, 6) is -0.633. The second-order valence-corrected chi connectivity index (χ2v) is 4.86. The average molecular weight is 300 g/mol. The molecule has 1 aromatic rings. The number of hydrogen-bond acceptors (Lipinski definition) is 2. The van der Waals surface area contributed by atoms with Crippen LogP contribution in [0.2, 0.25) is 10.0 Å². The van der Waals surface area contributed by atoms with E-state index in [2.05, 4.69) is 10.6 Å². The molecule has 0 saturated carbocycles. The highest BCUT2D eigenvalue weighted by molar-refractivity contribution is 6.42. The predicted molar refractivity (Wildman–Crippen MR) is 72.8 cm³/mol. The third-order valence-corrected chi connectivity index (χ3v) is 3.66. The van der Waals surface area contributed by atoms with E-state index >= 15 is 0 Å². The molecule has 0 saturated heterocycles. The van der Waals surface area contributed by atoms with Crippen LogP contribution in [0.4, 0.5) is 4.79 Å². The molecule has 1 atom stereocenters. The summed E-state index contributed by atoms with van der Waals surface area (Å²) in [5.41, 5.74) is 6.53. The number of halogens is 2. The minimum absolute atomic E-state index is 0.253. The highest BCUT2D eigenvalue weighted by Crippen LogP contribution is 2.34. The average Bonchev–Trinajstić information content (AvgIpc) is 2.31. The SMILES string of the molecule is CC1=C(C(N)=O)[C@H](c2cccc(Cl)c2Cl)NC(=O)N1. The number of hydrogen-bond donors (Lipinski definition) is 3. The summed E-state index contributed by atoms with van der Waals surface area (Å²) in [7, 11) is 0. The highest BCUT2D eigenvalue weighted by atomic mass is 35.5. The molecule has 0 fully saturated rings. The van der Waals surface area contributed by atoms with Gasteiger partial charge in [0.05, 0.1) is 21.7 Å². The molecule has 1 aromatic carbocycles. The van der Waals surface area contributed by atoms with Gasteiger partial charge in [0.25, 0.3) is 0 Å².